The van der Waals surface area contributed by atoms with E-state index in [4.69, 9.17) is 5.21 Å². The third kappa shape index (κ3) is 2.53. The first-order valence-electron chi connectivity index (χ1n) is 4.17. The molecule has 0 saturated heterocycles. The minimum absolute atomic E-state index is 0.550. The van der Waals surface area contributed by atoms with Crippen molar-refractivity contribution in [3.63, 3.8) is 0 Å². The number of hydrogen-bond donors (Lipinski definition) is 1. The van der Waals surface area contributed by atoms with Crippen molar-refractivity contribution >= 4 is 15.9 Å². The molecule has 0 amide bonds. The van der Waals surface area contributed by atoms with Gasteiger partial charge in [-0.1, -0.05) is 28.1 Å². The van der Waals surface area contributed by atoms with E-state index in [1.54, 1.807) is 7.05 Å². The quantitative estimate of drug-likeness (QED) is 0.808. The summed E-state index contributed by atoms with van der Waals surface area (Å²) in [6.07, 6.45) is 0. The van der Waals surface area contributed by atoms with Crippen LogP contribution >= 0.6 is 15.9 Å². The van der Waals surface area contributed by atoms with E-state index in [-0.39, 0.29) is 0 Å². The van der Waals surface area contributed by atoms with Crippen LogP contribution in [0, 0.1) is 13.8 Å². The zero-order valence-corrected chi connectivity index (χ0v) is 9.72. The molecule has 0 spiro atoms. The molecule has 2 nitrogen and oxygen atoms in total. The maximum Gasteiger partial charge on any atom is 0.0499 e. The highest BCUT2D eigenvalue weighted by Gasteiger charge is 2.07. The number of aryl methyl sites for hydroxylation is 2. The normalized spacial score (nSPS) is 10.9. The molecule has 0 bridgehead atoms. The second kappa shape index (κ2) is 4.22. The van der Waals surface area contributed by atoms with Gasteiger partial charge in [0.05, 0.1) is 0 Å². The Labute approximate surface area is 87.3 Å². The largest absolute Gasteiger partial charge is 0.314 e. The van der Waals surface area contributed by atoms with Gasteiger partial charge in [-0.15, -0.1) is 0 Å². The van der Waals surface area contributed by atoms with Crippen LogP contribution in [0.5, 0.6) is 0 Å². The van der Waals surface area contributed by atoms with Crippen LogP contribution in [0.4, 0.5) is 0 Å². The lowest BCUT2D eigenvalue weighted by molar-refractivity contribution is -0.0734. The second-order valence-electron chi connectivity index (χ2n) is 3.31. The van der Waals surface area contributed by atoms with Crippen LogP contribution < -0.4 is 0 Å². The van der Waals surface area contributed by atoms with Crippen LogP contribution in [0.1, 0.15) is 16.7 Å². The lowest BCUT2D eigenvalue weighted by atomic mass is 10.1. The van der Waals surface area contributed by atoms with E-state index < -0.39 is 0 Å². The third-order valence-corrected chi connectivity index (χ3v) is 3.16. The van der Waals surface area contributed by atoms with Gasteiger partial charge in [-0.05, 0) is 30.5 Å². The number of hydrogen-bond acceptors (Lipinski definition) is 2. The Balaban J connectivity index is 3.10. The fraction of sp³-hybridized carbons (Fsp3) is 0.400. The van der Waals surface area contributed by atoms with Crippen LogP contribution in [-0.4, -0.2) is 17.3 Å². The molecule has 0 aliphatic carbocycles. The molecule has 0 unspecified atom stereocenters. The van der Waals surface area contributed by atoms with Crippen LogP contribution in [0.15, 0.2) is 16.6 Å². The van der Waals surface area contributed by atoms with Gasteiger partial charge >= 0.3 is 0 Å². The topological polar surface area (TPSA) is 23.5 Å². The highest BCUT2D eigenvalue weighted by atomic mass is 79.9. The van der Waals surface area contributed by atoms with Crippen molar-refractivity contribution in [2.24, 2.45) is 0 Å². The summed E-state index contributed by atoms with van der Waals surface area (Å²) in [5.41, 5.74) is 3.53. The monoisotopic (exact) mass is 243 g/mol. The number of rotatable bonds is 2. The van der Waals surface area contributed by atoms with Gasteiger partial charge in [0.1, 0.15) is 0 Å². The summed E-state index contributed by atoms with van der Waals surface area (Å²) >= 11 is 3.52. The number of halogens is 1. The Hall–Kier alpha value is -0.380. The highest BCUT2D eigenvalue weighted by molar-refractivity contribution is 9.10. The van der Waals surface area contributed by atoms with Gasteiger partial charge < -0.3 is 5.21 Å². The Bertz CT molecular complexity index is 310. The van der Waals surface area contributed by atoms with Gasteiger partial charge in [0.2, 0.25) is 0 Å². The van der Waals surface area contributed by atoms with Gasteiger partial charge in [-0.25, -0.2) is 0 Å². The van der Waals surface area contributed by atoms with Crippen LogP contribution in [0.2, 0.25) is 0 Å². The molecule has 0 saturated carbocycles. The number of hydroxylamine groups is 2. The van der Waals surface area contributed by atoms with Crippen molar-refractivity contribution in [1.82, 2.24) is 5.06 Å². The van der Waals surface area contributed by atoms with E-state index in [0.29, 0.717) is 6.54 Å². The summed E-state index contributed by atoms with van der Waals surface area (Å²) in [4.78, 5) is 0. The first kappa shape index (κ1) is 10.7. The van der Waals surface area contributed by atoms with Crippen LogP contribution in [0.3, 0.4) is 0 Å². The maximum absolute atomic E-state index is 9.16. The Morgan fingerprint density at radius 2 is 1.85 bits per heavy atom. The summed E-state index contributed by atoms with van der Waals surface area (Å²) in [7, 11) is 1.65. The molecule has 0 atom stereocenters. The molecule has 0 aromatic heterocycles. The predicted octanol–water partition coefficient (Wildman–Crippen LogP) is 2.89. The zero-order chi connectivity index (χ0) is 10.0. The molecule has 0 aliphatic heterocycles. The van der Waals surface area contributed by atoms with E-state index in [1.807, 2.05) is 13.8 Å². The van der Waals surface area contributed by atoms with E-state index in [2.05, 4.69) is 28.1 Å². The minimum atomic E-state index is 0.550. The van der Waals surface area contributed by atoms with Crippen LogP contribution in [-0.2, 0) is 6.54 Å². The molecular weight excluding hydrogens is 230 g/mol. The summed E-state index contributed by atoms with van der Waals surface area (Å²) in [5, 5.41) is 10.3. The molecule has 0 heterocycles. The predicted molar refractivity (Wildman–Crippen MR) is 56.9 cm³/mol. The molecule has 1 aromatic rings. The van der Waals surface area contributed by atoms with Gasteiger partial charge in [-0.3, -0.25) is 0 Å². The summed E-state index contributed by atoms with van der Waals surface area (Å²) in [6, 6.07) is 4.14. The van der Waals surface area contributed by atoms with Crippen LogP contribution in [0.25, 0.3) is 0 Å². The molecule has 13 heavy (non-hydrogen) atoms. The molecule has 1 rings (SSSR count). The molecule has 0 radical (unpaired) electrons. The van der Waals surface area contributed by atoms with Gasteiger partial charge in [0.15, 0.2) is 0 Å². The minimum Gasteiger partial charge on any atom is -0.314 e. The molecule has 1 aromatic carbocycles. The van der Waals surface area contributed by atoms with Crippen molar-refractivity contribution in [2.75, 3.05) is 7.05 Å². The van der Waals surface area contributed by atoms with E-state index in [9.17, 15) is 0 Å². The van der Waals surface area contributed by atoms with Gasteiger partial charge in [0.25, 0.3) is 0 Å². The van der Waals surface area contributed by atoms with E-state index in [1.165, 1.54) is 16.2 Å². The smallest absolute Gasteiger partial charge is 0.0499 e. The Kier molecular flexibility index (Phi) is 3.47. The van der Waals surface area contributed by atoms with Crippen molar-refractivity contribution in [3.8, 4) is 0 Å². The van der Waals surface area contributed by atoms with Gasteiger partial charge in [0, 0.05) is 18.1 Å². The number of benzene rings is 1. The highest BCUT2D eigenvalue weighted by Crippen LogP contribution is 2.25. The standard InChI is InChI=1S/C10H14BrNO/c1-7-4-5-8(2)10(11)9(7)6-12(3)13/h4-5,13H,6H2,1-3H3. The Morgan fingerprint density at radius 3 is 2.38 bits per heavy atom. The molecule has 0 fully saturated rings. The SMILES string of the molecule is Cc1ccc(C)c(CN(C)O)c1Br. The van der Waals surface area contributed by atoms with Crippen molar-refractivity contribution in [3.05, 3.63) is 33.3 Å². The summed E-state index contributed by atoms with van der Waals surface area (Å²) in [5.74, 6) is 0. The summed E-state index contributed by atoms with van der Waals surface area (Å²) in [6.45, 7) is 4.64. The average molecular weight is 244 g/mol. The lowest BCUT2D eigenvalue weighted by Crippen LogP contribution is -2.13. The fourth-order valence-corrected chi connectivity index (χ4v) is 1.83. The lowest BCUT2D eigenvalue weighted by Gasteiger charge is -2.14. The molecule has 0 aliphatic rings. The van der Waals surface area contributed by atoms with E-state index >= 15 is 0 Å². The molecule has 72 valence electrons. The fourth-order valence-electron chi connectivity index (χ4n) is 1.26. The maximum atomic E-state index is 9.16. The number of nitrogens with zero attached hydrogens (tertiary/aromatic N) is 1. The molecule has 3 heteroatoms. The van der Waals surface area contributed by atoms with Crippen molar-refractivity contribution < 1.29 is 5.21 Å². The average Bonchev–Trinajstić information content (AvgIpc) is 2.05. The second-order valence-corrected chi connectivity index (χ2v) is 4.10. The molecular formula is C10H14BrNO. The molecule has 1 N–H and O–H groups in total. The third-order valence-electron chi connectivity index (χ3n) is 2.06. The van der Waals surface area contributed by atoms with Gasteiger partial charge in [-0.2, -0.15) is 5.06 Å². The first-order chi connectivity index (χ1) is 6.02. The van der Waals surface area contributed by atoms with E-state index in [0.717, 1.165) is 10.0 Å². The van der Waals surface area contributed by atoms with Crippen molar-refractivity contribution in [2.45, 2.75) is 20.4 Å². The zero-order valence-electron chi connectivity index (χ0n) is 8.13. The summed E-state index contributed by atoms with van der Waals surface area (Å²) < 4.78 is 1.09. The van der Waals surface area contributed by atoms with Crippen molar-refractivity contribution in [1.29, 1.82) is 0 Å². The first-order valence-corrected chi connectivity index (χ1v) is 4.96. The Morgan fingerprint density at radius 1 is 1.31 bits per heavy atom.